The summed E-state index contributed by atoms with van der Waals surface area (Å²) in [5, 5.41) is 19.8. The number of nitrogens with zero attached hydrogens (tertiary/aromatic N) is 1. The number of anilines is 1. The van der Waals surface area contributed by atoms with Gasteiger partial charge in [-0.25, -0.2) is 4.79 Å². The molecule has 41 heavy (non-hydrogen) atoms. The van der Waals surface area contributed by atoms with Gasteiger partial charge in [0.25, 0.3) is 5.91 Å². The van der Waals surface area contributed by atoms with Gasteiger partial charge >= 0.3 is 5.97 Å². The van der Waals surface area contributed by atoms with Gasteiger partial charge in [0, 0.05) is 23.5 Å². The highest BCUT2D eigenvalue weighted by atomic mass is 32.2. The number of rotatable bonds is 10. The first-order valence-corrected chi connectivity index (χ1v) is 14.1. The average Bonchev–Trinajstić information content (AvgIpc) is 3.00. The van der Waals surface area contributed by atoms with E-state index in [1.807, 2.05) is 60.7 Å². The van der Waals surface area contributed by atoms with Gasteiger partial charge in [0.15, 0.2) is 0 Å². The van der Waals surface area contributed by atoms with Crippen molar-refractivity contribution in [3.05, 3.63) is 123 Å². The molecule has 0 saturated carbocycles. The van der Waals surface area contributed by atoms with Crippen molar-refractivity contribution in [2.75, 3.05) is 17.7 Å². The second-order valence-electron chi connectivity index (χ2n) is 9.16. The minimum atomic E-state index is -0.642. The zero-order chi connectivity index (χ0) is 29.2. The van der Waals surface area contributed by atoms with Crippen LogP contribution in [0, 0.1) is 11.3 Å². The van der Waals surface area contributed by atoms with Gasteiger partial charge in [-0.1, -0.05) is 72.4 Å². The minimum absolute atomic E-state index is 0.101. The number of hydrogen-bond donors (Lipinski definition) is 3. The Hall–Kier alpha value is -4.81. The summed E-state index contributed by atoms with van der Waals surface area (Å²) in [6, 6.07) is 27.7. The average molecular weight is 567 g/mol. The van der Waals surface area contributed by atoms with Gasteiger partial charge in [-0.2, -0.15) is 5.26 Å². The molecule has 0 spiro atoms. The molecule has 3 aromatic carbocycles. The Morgan fingerprint density at radius 1 is 0.976 bits per heavy atom. The standard InChI is InChI=1S/C32H30N4O4S/c1-3-40-32(39)24-14-16-25(17-15-24)36-30(38)28-21(2)35-31(26(18-33)29(28)23-12-8-5-9-13-23)41-20-27(37)34-19-22-10-6-4-7-11-22/h4-17,29,35H,3,19-20H2,1-2H3,(H,34,37)(H,36,38)/t29-/m1/s1. The molecule has 4 rings (SSSR count). The van der Waals surface area contributed by atoms with E-state index < -0.39 is 11.9 Å². The normalized spacial score (nSPS) is 14.5. The Labute approximate surface area is 243 Å². The molecule has 0 fully saturated rings. The van der Waals surface area contributed by atoms with Gasteiger partial charge in [0.05, 0.1) is 40.5 Å². The van der Waals surface area contributed by atoms with E-state index in [4.69, 9.17) is 4.74 Å². The van der Waals surface area contributed by atoms with Crippen molar-refractivity contribution >= 4 is 35.2 Å². The summed E-state index contributed by atoms with van der Waals surface area (Å²) in [6.45, 7) is 4.19. The van der Waals surface area contributed by atoms with E-state index in [9.17, 15) is 19.6 Å². The SMILES string of the molecule is CCOC(=O)c1ccc(NC(=O)C2=C(C)NC(SCC(=O)NCc3ccccc3)=C(C#N)[C@H]2c2ccccc2)cc1. The first kappa shape index (κ1) is 29.2. The molecule has 1 aliphatic rings. The number of carbonyl (C=O) groups is 3. The summed E-state index contributed by atoms with van der Waals surface area (Å²) < 4.78 is 5.02. The molecule has 0 radical (unpaired) electrons. The van der Waals surface area contributed by atoms with E-state index >= 15 is 0 Å². The maximum absolute atomic E-state index is 13.6. The molecule has 3 aromatic rings. The van der Waals surface area contributed by atoms with Crippen LogP contribution in [0.15, 0.2) is 107 Å². The molecule has 1 atom stereocenters. The number of ether oxygens (including phenoxy) is 1. The Morgan fingerprint density at radius 2 is 1.63 bits per heavy atom. The third-order valence-corrected chi connectivity index (χ3v) is 7.38. The Balaban J connectivity index is 1.54. The number of benzene rings is 3. The molecule has 0 unspecified atom stereocenters. The summed E-state index contributed by atoms with van der Waals surface area (Å²) in [6.07, 6.45) is 0. The van der Waals surface area contributed by atoms with Crippen molar-refractivity contribution in [2.45, 2.75) is 26.3 Å². The van der Waals surface area contributed by atoms with Crippen LogP contribution in [0.5, 0.6) is 0 Å². The molecule has 1 heterocycles. The van der Waals surface area contributed by atoms with Crippen LogP contribution in [0.1, 0.15) is 41.3 Å². The smallest absolute Gasteiger partial charge is 0.338 e. The number of esters is 1. The predicted molar refractivity (Wildman–Crippen MR) is 159 cm³/mol. The van der Waals surface area contributed by atoms with E-state index in [0.29, 0.717) is 39.7 Å². The molecule has 0 aliphatic carbocycles. The third kappa shape index (κ3) is 7.44. The van der Waals surface area contributed by atoms with E-state index in [-0.39, 0.29) is 24.2 Å². The molecule has 0 aromatic heterocycles. The lowest BCUT2D eigenvalue weighted by atomic mass is 9.82. The molecule has 208 valence electrons. The maximum atomic E-state index is 13.6. The Morgan fingerprint density at radius 3 is 2.27 bits per heavy atom. The number of nitriles is 1. The van der Waals surface area contributed by atoms with Crippen LogP contribution in [-0.4, -0.2) is 30.1 Å². The summed E-state index contributed by atoms with van der Waals surface area (Å²) in [7, 11) is 0. The van der Waals surface area contributed by atoms with Crippen LogP contribution in [0.4, 0.5) is 5.69 Å². The summed E-state index contributed by atoms with van der Waals surface area (Å²) in [5.74, 6) is -1.53. The van der Waals surface area contributed by atoms with Crippen LogP contribution >= 0.6 is 11.8 Å². The van der Waals surface area contributed by atoms with Gasteiger partial charge in [-0.3, -0.25) is 9.59 Å². The van der Waals surface area contributed by atoms with Gasteiger partial charge in [-0.15, -0.1) is 0 Å². The van der Waals surface area contributed by atoms with E-state index in [0.717, 1.165) is 11.1 Å². The molecule has 2 amide bonds. The van der Waals surface area contributed by atoms with Crippen LogP contribution in [0.2, 0.25) is 0 Å². The van der Waals surface area contributed by atoms with Crippen molar-refractivity contribution in [1.29, 1.82) is 5.26 Å². The molecule has 3 N–H and O–H groups in total. The molecule has 0 saturated heterocycles. The van der Waals surface area contributed by atoms with Gasteiger partial charge in [0.2, 0.25) is 5.91 Å². The first-order valence-electron chi connectivity index (χ1n) is 13.1. The molecule has 1 aliphatic heterocycles. The summed E-state index contributed by atoms with van der Waals surface area (Å²) in [4.78, 5) is 38.2. The van der Waals surface area contributed by atoms with E-state index in [1.54, 1.807) is 38.1 Å². The molecule has 0 bridgehead atoms. The molecule has 9 heteroatoms. The molecular weight excluding hydrogens is 536 g/mol. The lowest BCUT2D eigenvalue weighted by Crippen LogP contribution is -2.31. The highest BCUT2D eigenvalue weighted by Gasteiger charge is 2.34. The fourth-order valence-corrected chi connectivity index (χ4v) is 5.32. The number of dihydropyridines is 1. The number of hydrogen-bond acceptors (Lipinski definition) is 7. The highest BCUT2D eigenvalue weighted by molar-refractivity contribution is 8.03. The second kappa shape index (κ2) is 14.0. The molecule has 8 nitrogen and oxygen atoms in total. The van der Waals surface area contributed by atoms with Crippen molar-refractivity contribution in [3.63, 3.8) is 0 Å². The van der Waals surface area contributed by atoms with Gasteiger partial charge < -0.3 is 20.7 Å². The first-order chi connectivity index (χ1) is 19.9. The zero-order valence-electron chi connectivity index (χ0n) is 22.8. The van der Waals surface area contributed by atoms with Gasteiger partial charge in [-0.05, 0) is 49.2 Å². The quantitative estimate of drug-likeness (QED) is 0.287. The number of thioether (sulfide) groups is 1. The summed E-state index contributed by atoms with van der Waals surface area (Å²) in [5.41, 5.74) is 3.96. The minimum Gasteiger partial charge on any atom is -0.462 e. The molecular formula is C32H30N4O4S. The van der Waals surface area contributed by atoms with Crippen LogP contribution in [0.25, 0.3) is 0 Å². The lowest BCUT2D eigenvalue weighted by molar-refractivity contribution is -0.118. The number of allylic oxidation sites excluding steroid dienone is 2. The number of carbonyl (C=O) groups excluding carboxylic acids is 3. The topological polar surface area (TPSA) is 120 Å². The van der Waals surface area contributed by atoms with Crippen LogP contribution in [0.3, 0.4) is 0 Å². The second-order valence-corrected chi connectivity index (χ2v) is 10.2. The Bertz CT molecular complexity index is 1510. The van der Waals surface area contributed by atoms with E-state index in [1.165, 1.54) is 11.8 Å². The van der Waals surface area contributed by atoms with Crippen molar-refractivity contribution < 1.29 is 19.1 Å². The number of nitrogens with one attached hydrogen (secondary N) is 3. The third-order valence-electron chi connectivity index (χ3n) is 6.36. The highest BCUT2D eigenvalue weighted by Crippen LogP contribution is 2.40. The van der Waals surface area contributed by atoms with Crippen molar-refractivity contribution in [3.8, 4) is 6.07 Å². The fourth-order valence-electron chi connectivity index (χ4n) is 4.39. The fraction of sp³-hybridized carbons (Fsp3) is 0.188. The predicted octanol–water partition coefficient (Wildman–Crippen LogP) is 5.25. The number of amides is 2. The monoisotopic (exact) mass is 566 g/mol. The largest absolute Gasteiger partial charge is 0.462 e. The Kier molecular flexibility index (Phi) is 9.97. The van der Waals surface area contributed by atoms with Crippen LogP contribution in [-0.2, 0) is 20.9 Å². The van der Waals surface area contributed by atoms with Crippen molar-refractivity contribution in [2.24, 2.45) is 0 Å². The van der Waals surface area contributed by atoms with Crippen LogP contribution < -0.4 is 16.0 Å². The van der Waals surface area contributed by atoms with E-state index in [2.05, 4.69) is 22.0 Å². The zero-order valence-corrected chi connectivity index (χ0v) is 23.6. The lowest BCUT2D eigenvalue weighted by Gasteiger charge is -2.30. The maximum Gasteiger partial charge on any atom is 0.338 e. The summed E-state index contributed by atoms with van der Waals surface area (Å²) >= 11 is 1.23. The van der Waals surface area contributed by atoms with Crippen molar-refractivity contribution in [1.82, 2.24) is 10.6 Å². The van der Waals surface area contributed by atoms with Gasteiger partial charge in [0.1, 0.15) is 0 Å².